The van der Waals surface area contributed by atoms with E-state index in [1.54, 1.807) is 6.07 Å². The second kappa shape index (κ2) is 6.81. The van der Waals surface area contributed by atoms with Crippen LogP contribution in [0.4, 0.5) is 5.69 Å². The van der Waals surface area contributed by atoms with Crippen LogP contribution in [-0.4, -0.2) is 16.5 Å². The molecule has 0 aliphatic carbocycles. The van der Waals surface area contributed by atoms with Crippen LogP contribution in [0.3, 0.4) is 0 Å². The van der Waals surface area contributed by atoms with E-state index in [4.69, 9.17) is 22.7 Å². The van der Waals surface area contributed by atoms with Crippen LogP contribution >= 0.6 is 12.2 Å². The molecule has 0 saturated heterocycles. The van der Waals surface area contributed by atoms with Gasteiger partial charge in [0.25, 0.3) is 0 Å². The fraction of sp³-hybridized carbons (Fsp3) is 0.133. The second-order valence-electron chi connectivity index (χ2n) is 4.39. The lowest BCUT2D eigenvalue weighted by atomic mass is 10.1. The number of benzene rings is 2. The number of nitro benzene ring substituents is 1. The van der Waals surface area contributed by atoms with Crippen LogP contribution in [0.15, 0.2) is 48.5 Å². The molecule has 2 N–H and O–H groups in total. The van der Waals surface area contributed by atoms with Crippen molar-refractivity contribution in [2.45, 2.75) is 6.42 Å². The van der Waals surface area contributed by atoms with Gasteiger partial charge < -0.3 is 10.5 Å². The molecule has 0 atom stereocenters. The lowest BCUT2D eigenvalue weighted by molar-refractivity contribution is -0.385. The normalized spacial score (nSPS) is 10.1. The summed E-state index contributed by atoms with van der Waals surface area (Å²) >= 11 is 4.82. The minimum atomic E-state index is -0.500. The van der Waals surface area contributed by atoms with Crippen molar-refractivity contribution in [3.05, 3.63) is 69.8 Å². The smallest absolute Gasteiger partial charge is 0.311 e. The lowest BCUT2D eigenvalue weighted by Crippen LogP contribution is -2.10. The number of hydrogen-bond acceptors (Lipinski definition) is 4. The highest BCUT2D eigenvalue weighted by atomic mass is 32.1. The number of hydrogen-bond donors (Lipinski definition) is 1. The molecule has 0 unspecified atom stereocenters. The maximum atomic E-state index is 11.1. The van der Waals surface area contributed by atoms with Crippen molar-refractivity contribution in [3.8, 4) is 5.75 Å². The first-order valence-electron chi connectivity index (χ1n) is 6.33. The van der Waals surface area contributed by atoms with Crippen molar-refractivity contribution in [1.82, 2.24) is 0 Å². The Bertz CT molecular complexity index is 659. The molecule has 2 rings (SSSR count). The maximum absolute atomic E-state index is 11.1. The molecule has 108 valence electrons. The van der Waals surface area contributed by atoms with Crippen molar-refractivity contribution in [2.24, 2.45) is 5.73 Å². The Morgan fingerprint density at radius 1 is 1.24 bits per heavy atom. The average Bonchev–Trinajstić information content (AvgIpc) is 2.48. The van der Waals surface area contributed by atoms with E-state index in [0.717, 1.165) is 5.56 Å². The zero-order valence-electron chi connectivity index (χ0n) is 11.2. The Labute approximate surface area is 127 Å². The molecule has 21 heavy (non-hydrogen) atoms. The van der Waals surface area contributed by atoms with Gasteiger partial charge in [-0.2, -0.15) is 0 Å². The van der Waals surface area contributed by atoms with E-state index in [1.807, 2.05) is 30.3 Å². The summed E-state index contributed by atoms with van der Waals surface area (Å²) in [6.07, 6.45) is 0.676. The lowest BCUT2D eigenvalue weighted by Gasteiger charge is -2.08. The molecule has 0 spiro atoms. The zero-order chi connectivity index (χ0) is 15.2. The standard InChI is InChI=1S/C15H14N2O3S/c16-15(21)12-6-7-14(13(10-12)17(18)19)20-9-8-11-4-2-1-3-5-11/h1-7,10H,8-9H2,(H2,16,21). The summed E-state index contributed by atoms with van der Waals surface area (Å²) in [6.45, 7) is 0.358. The molecule has 2 aromatic carbocycles. The van der Waals surface area contributed by atoms with Gasteiger partial charge >= 0.3 is 5.69 Å². The third kappa shape index (κ3) is 4.00. The molecule has 0 aromatic heterocycles. The van der Waals surface area contributed by atoms with E-state index in [2.05, 4.69) is 0 Å². The van der Waals surface area contributed by atoms with Crippen molar-refractivity contribution in [2.75, 3.05) is 6.61 Å². The van der Waals surface area contributed by atoms with Gasteiger partial charge in [-0.15, -0.1) is 0 Å². The van der Waals surface area contributed by atoms with Crippen LogP contribution in [0.2, 0.25) is 0 Å². The Kier molecular flexibility index (Phi) is 4.84. The summed E-state index contributed by atoms with van der Waals surface area (Å²) in [4.78, 5) is 10.7. The highest BCUT2D eigenvalue weighted by Crippen LogP contribution is 2.28. The minimum Gasteiger partial charge on any atom is -0.486 e. The molecule has 0 amide bonds. The van der Waals surface area contributed by atoms with E-state index in [0.29, 0.717) is 18.6 Å². The molecule has 0 saturated carbocycles. The summed E-state index contributed by atoms with van der Waals surface area (Å²) < 4.78 is 5.51. The van der Waals surface area contributed by atoms with Crippen molar-refractivity contribution < 1.29 is 9.66 Å². The van der Waals surface area contributed by atoms with Gasteiger partial charge in [0, 0.05) is 18.1 Å². The monoisotopic (exact) mass is 302 g/mol. The van der Waals surface area contributed by atoms with Crippen LogP contribution in [-0.2, 0) is 6.42 Å². The molecular formula is C15H14N2O3S. The first-order chi connectivity index (χ1) is 10.1. The van der Waals surface area contributed by atoms with Crippen molar-refractivity contribution >= 4 is 22.9 Å². The number of rotatable bonds is 6. The predicted octanol–water partition coefficient (Wildman–Crippen LogP) is 2.85. The molecule has 2 aromatic rings. The van der Waals surface area contributed by atoms with Gasteiger partial charge in [0.15, 0.2) is 5.75 Å². The number of nitro groups is 1. The molecule has 5 nitrogen and oxygen atoms in total. The summed E-state index contributed by atoms with van der Waals surface area (Å²) in [6, 6.07) is 14.2. The number of nitrogens with zero attached hydrogens (tertiary/aromatic N) is 1. The van der Waals surface area contributed by atoms with Gasteiger partial charge in [0.05, 0.1) is 11.5 Å². The summed E-state index contributed by atoms with van der Waals surface area (Å²) in [5.74, 6) is 0.218. The highest BCUT2D eigenvalue weighted by Gasteiger charge is 2.16. The number of thiocarbonyl (C=S) groups is 1. The quantitative estimate of drug-likeness (QED) is 0.504. The van der Waals surface area contributed by atoms with E-state index >= 15 is 0 Å². The Hall–Kier alpha value is -2.47. The topological polar surface area (TPSA) is 78.4 Å². The van der Waals surface area contributed by atoms with Gasteiger partial charge in [0.2, 0.25) is 0 Å². The average molecular weight is 302 g/mol. The van der Waals surface area contributed by atoms with Gasteiger partial charge in [-0.25, -0.2) is 0 Å². The molecule has 0 bridgehead atoms. The first kappa shape index (κ1) is 14.9. The van der Waals surface area contributed by atoms with Gasteiger partial charge in [0.1, 0.15) is 4.99 Å². The molecule has 0 aliphatic rings. The second-order valence-corrected chi connectivity index (χ2v) is 4.83. The first-order valence-corrected chi connectivity index (χ1v) is 6.73. The SMILES string of the molecule is NC(=S)c1ccc(OCCc2ccccc2)c([N+](=O)[O-])c1. The molecule has 6 heteroatoms. The molecule has 0 radical (unpaired) electrons. The maximum Gasteiger partial charge on any atom is 0.311 e. The van der Waals surface area contributed by atoms with Gasteiger partial charge in [-0.05, 0) is 17.7 Å². The van der Waals surface area contributed by atoms with E-state index in [1.165, 1.54) is 12.1 Å². The highest BCUT2D eigenvalue weighted by molar-refractivity contribution is 7.80. The largest absolute Gasteiger partial charge is 0.486 e. The van der Waals surface area contributed by atoms with Crippen LogP contribution in [0, 0.1) is 10.1 Å². The summed E-state index contributed by atoms with van der Waals surface area (Å²) in [7, 11) is 0. The third-order valence-electron chi connectivity index (χ3n) is 2.93. The van der Waals surface area contributed by atoms with Crippen LogP contribution < -0.4 is 10.5 Å². The van der Waals surface area contributed by atoms with Crippen molar-refractivity contribution in [3.63, 3.8) is 0 Å². The predicted molar refractivity (Wildman–Crippen MR) is 84.6 cm³/mol. The Morgan fingerprint density at radius 3 is 2.57 bits per heavy atom. The van der Waals surface area contributed by atoms with Crippen LogP contribution in [0.25, 0.3) is 0 Å². The summed E-state index contributed by atoms with van der Waals surface area (Å²) in [5, 5.41) is 11.1. The number of ether oxygens (including phenoxy) is 1. The van der Waals surface area contributed by atoms with Crippen LogP contribution in [0.1, 0.15) is 11.1 Å². The third-order valence-corrected chi connectivity index (χ3v) is 3.17. The van der Waals surface area contributed by atoms with Crippen molar-refractivity contribution in [1.29, 1.82) is 0 Å². The summed E-state index contributed by atoms with van der Waals surface area (Å²) in [5.41, 5.74) is 6.91. The molecule has 0 heterocycles. The number of nitrogens with two attached hydrogens (primary N) is 1. The molecular weight excluding hydrogens is 288 g/mol. The molecule has 0 fully saturated rings. The zero-order valence-corrected chi connectivity index (χ0v) is 12.0. The van der Waals surface area contributed by atoms with E-state index in [-0.39, 0.29) is 16.4 Å². The Morgan fingerprint density at radius 2 is 1.95 bits per heavy atom. The molecule has 0 aliphatic heterocycles. The Balaban J connectivity index is 2.09. The fourth-order valence-electron chi connectivity index (χ4n) is 1.86. The van der Waals surface area contributed by atoms with E-state index < -0.39 is 4.92 Å². The van der Waals surface area contributed by atoms with Gasteiger partial charge in [-0.3, -0.25) is 10.1 Å². The minimum absolute atomic E-state index is 0.119. The fourth-order valence-corrected chi connectivity index (χ4v) is 1.99. The van der Waals surface area contributed by atoms with Crippen LogP contribution in [0.5, 0.6) is 5.75 Å². The van der Waals surface area contributed by atoms with Gasteiger partial charge in [-0.1, -0.05) is 42.5 Å². The van der Waals surface area contributed by atoms with E-state index in [9.17, 15) is 10.1 Å².